The topological polar surface area (TPSA) is 38.1 Å². The Morgan fingerprint density at radius 3 is 2.85 bits per heavy atom. The van der Waals surface area contributed by atoms with Crippen LogP contribution in [0.15, 0.2) is 28.7 Å². The van der Waals surface area contributed by atoms with Gasteiger partial charge in [0.25, 0.3) is 0 Å². The van der Waals surface area contributed by atoms with Gasteiger partial charge in [0.1, 0.15) is 5.82 Å². The van der Waals surface area contributed by atoms with Gasteiger partial charge in [-0.25, -0.2) is 4.98 Å². The normalized spacial score (nSPS) is 20.6. The molecule has 0 aliphatic rings. The van der Waals surface area contributed by atoms with E-state index in [1.807, 2.05) is 0 Å². The molecule has 1 aromatic heterocycles. The van der Waals surface area contributed by atoms with Crippen molar-refractivity contribution in [2.45, 2.75) is 39.1 Å². The molecule has 0 saturated carbocycles. The molecular weight excluding hydrogens is 340 g/mol. The van der Waals surface area contributed by atoms with Gasteiger partial charge in [0.2, 0.25) is 0 Å². The Morgan fingerprint density at radius 1 is 1.45 bits per heavy atom. The van der Waals surface area contributed by atoms with Crippen molar-refractivity contribution >= 4 is 27.5 Å². The number of rotatable bonds is 6. The van der Waals surface area contributed by atoms with Gasteiger partial charge in [0.05, 0.1) is 12.3 Å². The molecule has 108 valence electrons. The number of halogens is 2. The van der Waals surface area contributed by atoms with E-state index in [0.717, 1.165) is 10.0 Å². The number of aliphatic hydroxyl groups excluding tert-OH is 1. The minimum Gasteiger partial charge on any atom is -0.390 e. The molecule has 2 aromatic rings. The summed E-state index contributed by atoms with van der Waals surface area (Å²) in [6, 6.07) is 7.07. The molecule has 0 spiro atoms. The molecule has 0 aliphatic carbocycles. The van der Waals surface area contributed by atoms with E-state index in [2.05, 4.69) is 20.9 Å². The molecule has 5 heteroatoms. The highest BCUT2D eigenvalue weighted by Gasteiger charge is 2.15. The molecule has 2 rings (SSSR count). The van der Waals surface area contributed by atoms with Crippen LogP contribution in [0.3, 0.4) is 0 Å². The maximum atomic E-state index is 9.64. The molecule has 1 unspecified atom stereocenters. The summed E-state index contributed by atoms with van der Waals surface area (Å²) >= 11 is 9.34. The minimum atomic E-state index is -3.31. The Hall–Kier alpha value is -0.840. The van der Waals surface area contributed by atoms with E-state index in [9.17, 15) is 5.11 Å². The van der Waals surface area contributed by atoms with Crippen LogP contribution in [0.4, 0.5) is 0 Å². The first-order chi connectivity index (χ1) is 12.7. The number of aliphatic hydroxyl groups is 1. The van der Waals surface area contributed by atoms with Crippen LogP contribution in [0.1, 0.15) is 47.6 Å². The van der Waals surface area contributed by atoms with E-state index in [1.165, 1.54) is 4.57 Å². The quantitative estimate of drug-likeness (QED) is 0.834. The summed E-state index contributed by atoms with van der Waals surface area (Å²) in [5, 5.41) is 9.48. The molecule has 1 aromatic carbocycles. The van der Waals surface area contributed by atoms with Gasteiger partial charge in [0.15, 0.2) is 5.15 Å². The molecule has 1 N–H and O–H groups in total. The second kappa shape index (κ2) is 7.25. The van der Waals surface area contributed by atoms with Gasteiger partial charge < -0.3 is 9.67 Å². The van der Waals surface area contributed by atoms with Crippen molar-refractivity contribution < 1.29 is 16.1 Å². The molecule has 0 aliphatic heterocycles. The molecule has 0 bridgehead atoms. The molecule has 3 nitrogen and oxygen atoms in total. The van der Waals surface area contributed by atoms with Crippen LogP contribution in [0.25, 0.3) is 0 Å². The lowest BCUT2D eigenvalue weighted by Crippen LogP contribution is -2.09. The summed E-state index contributed by atoms with van der Waals surface area (Å²) in [4.78, 5) is 3.94. The summed E-state index contributed by atoms with van der Waals surface area (Å²) in [5.74, 6) is -0.268. The van der Waals surface area contributed by atoms with Crippen molar-refractivity contribution in [3.8, 4) is 0 Å². The number of hydrogen-bond donors (Lipinski definition) is 1. The third-order valence-electron chi connectivity index (χ3n) is 2.73. The summed E-state index contributed by atoms with van der Waals surface area (Å²) in [6.07, 6.45) is -8.43. The minimum absolute atomic E-state index is 0.0838. The van der Waals surface area contributed by atoms with Gasteiger partial charge in [-0.1, -0.05) is 52.9 Å². The zero-order valence-corrected chi connectivity index (χ0v) is 12.7. The average molecular weight is 366 g/mol. The Bertz CT molecular complexity index is 838. The molecular formula is C15H18BrClN2O. The van der Waals surface area contributed by atoms with Crippen LogP contribution in [0, 0.1) is 0 Å². The highest BCUT2D eigenvalue weighted by molar-refractivity contribution is 9.10. The second-order valence-electron chi connectivity index (χ2n) is 3.99. The van der Waals surface area contributed by atoms with Gasteiger partial charge in [-0.15, -0.1) is 0 Å². The van der Waals surface area contributed by atoms with E-state index in [1.54, 1.807) is 24.3 Å². The van der Waals surface area contributed by atoms with Crippen LogP contribution in [-0.2, 0) is 19.5 Å². The van der Waals surface area contributed by atoms with Crippen LogP contribution in [0.2, 0.25) is 5.15 Å². The van der Waals surface area contributed by atoms with Crippen molar-refractivity contribution in [1.82, 2.24) is 9.55 Å². The van der Waals surface area contributed by atoms with Crippen LogP contribution < -0.4 is 0 Å². The van der Waals surface area contributed by atoms with E-state index in [0.29, 0.717) is 0 Å². The molecule has 1 atom stereocenters. The lowest BCUT2D eigenvalue weighted by Gasteiger charge is -2.11. The van der Waals surface area contributed by atoms with Gasteiger partial charge in [-0.3, -0.25) is 0 Å². The predicted octanol–water partition coefficient (Wildman–Crippen LogP) is 4.18. The standard InChI is InChI=1S/C15H18BrClN2O/c1-2-3-4-14-18-15(17)13(10-20)19(14)9-11-5-7-12(16)8-6-11/h5-8,20H,2-4,9-10H2,1H3/i1D3,2D2,3D2,4D. The summed E-state index contributed by atoms with van der Waals surface area (Å²) in [7, 11) is 0. The predicted molar refractivity (Wildman–Crippen MR) is 85.0 cm³/mol. The SMILES string of the molecule is [2H]C(c1nc(Cl)c(CO)n1Cc1ccc(Br)cc1)C([2H])([2H])C([2H])([2H])C([2H])([2H])[2H]. The number of aryl methyl sites for hydroxylation is 1. The molecule has 1 heterocycles. The number of hydrogen-bond acceptors (Lipinski definition) is 2. The molecule has 0 amide bonds. The van der Waals surface area contributed by atoms with Crippen molar-refractivity contribution in [1.29, 1.82) is 0 Å². The highest BCUT2D eigenvalue weighted by Crippen LogP contribution is 2.21. The lowest BCUT2D eigenvalue weighted by molar-refractivity contribution is 0.271. The van der Waals surface area contributed by atoms with E-state index in [4.69, 9.17) is 22.6 Å². The number of benzene rings is 1. The Morgan fingerprint density at radius 2 is 2.20 bits per heavy atom. The van der Waals surface area contributed by atoms with Crippen LogP contribution in [-0.4, -0.2) is 14.7 Å². The molecule has 0 fully saturated rings. The first-order valence-corrected chi connectivity index (χ1v) is 6.93. The number of nitrogens with zero attached hydrogens (tertiary/aromatic N) is 2. The average Bonchev–Trinajstić information content (AvgIpc) is 2.90. The van der Waals surface area contributed by atoms with Gasteiger partial charge in [-0.2, -0.15) is 0 Å². The lowest BCUT2D eigenvalue weighted by atomic mass is 10.2. The van der Waals surface area contributed by atoms with E-state index >= 15 is 0 Å². The van der Waals surface area contributed by atoms with Crippen molar-refractivity contribution in [2.24, 2.45) is 0 Å². The maximum Gasteiger partial charge on any atom is 0.152 e. The Kier molecular flexibility index (Phi) is 2.89. The number of aromatic nitrogens is 2. The Balaban J connectivity index is 2.54. The van der Waals surface area contributed by atoms with Gasteiger partial charge in [0, 0.05) is 28.4 Å². The fourth-order valence-corrected chi connectivity index (χ4v) is 2.30. The Labute approximate surface area is 144 Å². The van der Waals surface area contributed by atoms with Crippen LogP contribution >= 0.6 is 27.5 Å². The monoisotopic (exact) mass is 364 g/mol. The van der Waals surface area contributed by atoms with Gasteiger partial charge in [-0.05, 0) is 24.1 Å². The first-order valence-electron chi connectivity index (χ1n) is 9.84. The van der Waals surface area contributed by atoms with Crippen LogP contribution in [0.5, 0.6) is 0 Å². The summed E-state index contributed by atoms with van der Waals surface area (Å²) in [6.45, 7) is -3.74. The summed E-state index contributed by atoms with van der Waals surface area (Å²) in [5.41, 5.74) is 0.863. The van der Waals surface area contributed by atoms with Crippen molar-refractivity contribution in [3.63, 3.8) is 0 Å². The van der Waals surface area contributed by atoms with Gasteiger partial charge >= 0.3 is 0 Å². The zero-order chi connectivity index (χ0) is 21.5. The first kappa shape index (κ1) is 7.97. The van der Waals surface area contributed by atoms with E-state index < -0.39 is 32.6 Å². The largest absolute Gasteiger partial charge is 0.390 e. The molecule has 20 heavy (non-hydrogen) atoms. The zero-order valence-electron chi connectivity index (χ0n) is 18.4. The summed E-state index contributed by atoms with van der Waals surface area (Å²) < 4.78 is 64.0. The number of imidazole rings is 1. The highest BCUT2D eigenvalue weighted by atomic mass is 79.9. The fourth-order valence-electron chi connectivity index (χ4n) is 1.79. The third kappa shape index (κ3) is 3.62. The third-order valence-corrected chi connectivity index (χ3v) is 3.56. The van der Waals surface area contributed by atoms with Crippen molar-refractivity contribution in [3.05, 3.63) is 51.0 Å². The smallest absolute Gasteiger partial charge is 0.152 e. The maximum absolute atomic E-state index is 9.64. The van der Waals surface area contributed by atoms with Crippen molar-refractivity contribution in [2.75, 3.05) is 0 Å². The molecule has 0 saturated heterocycles. The fraction of sp³-hybridized carbons (Fsp3) is 0.400. The van der Waals surface area contributed by atoms with E-state index in [-0.39, 0.29) is 23.2 Å². The second-order valence-corrected chi connectivity index (χ2v) is 5.27. The molecule has 0 radical (unpaired) electrons.